The van der Waals surface area contributed by atoms with Crippen LogP contribution in [-0.4, -0.2) is 59.2 Å². The fourth-order valence-corrected chi connectivity index (χ4v) is 5.72. The van der Waals surface area contributed by atoms with Crippen LogP contribution in [0.1, 0.15) is 55.6 Å². The first-order valence-corrected chi connectivity index (χ1v) is 14.4. The number of hydrogen-bond acceptors (Lipinski definition) is 5. The van der Waals surface area contributed by atoms with Gasteiger partial charge in [0.25, 0.3) is 5.91 Å². The highest BCUT2D eigenvalue weighted by Gasteiger charge is 2.40. The minimum absolute atomic E-state index is 0.115. The first-order valence-electron chi connectivity index (χ1n) is 14.4. The maximum atomic E-state index is 13.9. The van der Waals surface area contributed by atoms with Gasteiger partial charge in [0.15, 0.2) is 0 Å². The van der Waals surface area contributed by atoms with E-state index in [0.29, 0.717) is 41.9 Å². The minimum atomic E-state index is -0.759. The zero-order valence-corrected chi connectivity index (χ0v) is 23.9. The lowest BCUT2D eigenvalue weighted by Gasteiger charge is -2.39. The summed E-state index contributed by atoms with van der Waals surface area (Å²) < 4.78 is 5.95. The lowest BCUT2D eigenvalue weighted by Crippen LogP contribution is -2.56. The van der Waals surface area contributed by atoms with E-state index in [-0.39, 0.29) is 36.2 Å². The molecule has 3 aromatic carbocycles. The molecule has 0 aliphatic carbocycles. The Morgan fingerprint density at radius 3 is 2.22 bits per heavy atom. The number of carbonyl (C=O) groups excluding carboxylic acids is 3. The second-order valence-corrected chi connectivity index (χ2v) is 11.2. The van der Waals surface area contributed by atoms with Crippen molar-refractivity contribution in [2.24, 2.45) is 5.92 Å². The first kappa shape index (κ1) is 28.4. The van der Waals surface area contributed by atoms with Crippen molar-refractivity contribution in [1.82, 2.24) is 15.1 Å². The van der Waals surface area contributed by atoms with Gasteiger partial charge >= 0.3 is 0 Å². The Hall–Kier alpha value is -4.17. The molecule has 5 rings (SSSR count). The molecule has 2 heterocycles. The van der Waals surface area contributed by atoms with Gasteiger partial charge in [0.05, 0.1) is 11.3 Å². The van der Waals surface area contributed by atoms with Gasteiger partial charge in [-0.25, -0.2) is 0 Å². The zero-order valence-electron chi connectivity index (χ0n) is 23.9. The number of likely N-dealkylation sites (tertiary alicyclic amines) is 1. The van der Waals surface area contributed by atoms with Gasteiger partial charge in [-0.05, 0) is 61.6 Å². The summed E-state index contributed by atoms with van der Waals surface area (Å²) in [6.07, 6.45) is 1.65. The van der Waals surface area contributed by atoms with Crippen LogP contribution < -0.4 is 15.4 Å². The zero-order chi connectivity index (χ0) is 28.9. The molecule has 0 unspecified atom stereocenters. The third-order valence-electron chi connectivity index (χ3n) is 7.86. The van der Waals surface area contributed by atoms with Crippen molar-refractivity contribution in [1.29, 1.82) is 0 Å². The Morgan fingerprint density at radius 1 is 0.902 bits per heavy atom. The highest BCUT2D eigenvalue weighted by Crippen LogP contribution is 2.31. The smallest absolute Gasteiger partial charge is 0.257 e. The largest absolute Gasteiger partial charge is 0.457 e. The molecule has 0 saturated carbocycles. The van der Waals surface area contributed by atoms with Gasteiger partial charge in [0.2, 0.25) is 11.8 Å². The van der Waals surface area contributed by atoms with Crippen molar-refractivity contribution in [2.75, 3.05) is 25.0 Å². The highest BCUT2D eigenvalue weighted by molar-refractivity contribution is 6.10. The van der Waals surface area contributed by atoms with Crippen molar-refractivity contribution in [3.05, 3.63) is 90.0 Å². The second-order valence-electron chi connectivity index (χ2n) is 11.2. The first-order chi connectivity index (χ1) is 19.8. The maximum Gasteiger partial charge on any atom is 0.257 e. The van der Waals surface area contributed by atoms with Crippen LogP contribution in [-0.2, 0) is 9.59 Å². The number of ether oxygens (including phenoxy) is 1. The molecule has 0 bridgehead atoms. The number of benzene rings is 3. The van der Waals surface area contributed by atoms with E-state index >= 15 is 0 Å². The Kier molecular flexibility index (Phi) is 8.69. The standard InChI is InChI=1S/C33H38N4O4/c1-22(2)31(33(40)36-18-16-25(17-19-36)34-23(3)24-10-6-4-7-11-24)37-21-30(38)35-29-15-14-27(20-28(29)32(37)39)41-26-12-8-5-9-13-26/h4-15,20,22-23,25,31,34H,16-19,21H2,1-3H3,(H,35,38)/t23-,31-/m1/s1. The Labute approximate surface area is 241 Å². The second kappa shape index (κ2) is 12.6. The summed E-state index contributed by atoms with van der Waals surface area (Å²) in [5.74, 6) is 0.128. The van der Waals surface area contributed by atoms with Crippen LogP contribution in [0.3, 0.4) is 0 Å². The predicted molar refractivity (Wildman–Crippen MR) is 159 cm³/mol. The van der Waals surface area contributed by atoms with Crippen molar-refractivity contribution in [3.63, 3.8) is 0 Å². The van der Waals surface area contributed by atoms with Gasteiger partial charge in [0.1, 0.15) is 24.1 Å². The molecule has 1 fully saturated rings. The number of hydrogen-bond donors (Lipinski definition) is 2. The minimum Gasteiger partial charge on any atom is -0.457 e. The number of carbonyl (C=O) groups is 3. The van der Waals surface area contributed by atoms with E-state index in [1.165, 1.54) is 10.5 Å². The topological polar surface area (TPSA) is 91.0 Å². The lowest BCUT2D eigenvalue weighted by atomic mass is 9.96. The van der Waals surface area contributed by atoms with E-state index in [4.69, 9.17) is 4.74 Å². The number of rotatable bonds is 8. The normalized spacial score (nSPS) is 17.5. The Morgan fingerprint density at radius 2 is 1.56 bits per heavy atom. The molecule has 0 spiro atoms. The molecule has 2 aliphatic heterocycles. The molecule has 3 amide bonds. The fraction of sp³-hybridized carbons (Fsp3) is 0.364. The molecule has 214 valence electrons. The molecule has 8 heteroatoms. The van der Waals surface area contributed by atoms with Crippen LogP contribution in [0, 0.1) is 5.92 Å². The fourth-order valence-electron chi connectivity index (χ4n) is 5.72. The SMILES string of the molecule is CC(C)[C@H](C(=O)N1CCC(N[C@H](C)c2ccccc2)CC1)N1CC(=O)Nc2ccc(Oc3ccccc3)cc2C1=O. The highest BCUT2D eigenvalue weighted by atomic mass is 16.5. The van der Waals surface area contributed by atoms with Crippen LogP contribution in [0.4, 0.5) is 5.69 Å². The Balaban J connectivity index is 1.30. The monoisotopic (exact) mass is 554 g/mol. The summed E-state index contributed by atoms with van der Waals surface area (Å²) in [6.45, 7) is 7.01. The average Bonchev–Trinajstić information content (AvgIpc) is 3.09. The number of fused-ring (bicyclic) bond motifs is 1. The van der Waals surface area contributed by atoms with Gasteiger partial charge in [-0.15, -0.1) is 0 Å². The van der Waals surface area contributed by atoms with Crippen molar-refractivity contribution in [3.8, 4) is 11.5 Å². The molecular formula is C33H38N4O4. The molecule has 1 saturated heterocycles. The van der Waals surface area contributed by atoms with Gasteiger partial charge in [-0.1, -0.05) is 62.4 Å². The van der Waals surface area contributed by atoms with E-state index in [1.54, 1.807) is 18.2 Å². The number of amides is 3. The van der Waals surface area contributed by atoms with Crippen molar-refractivity contribution in [2.45, 2.75) is 51.7 Å². The summed E-state index contributed by atoms with van der Waals surface area (Å²) in [4.78, 5) is 44.0. The van der Waals surface area contributed by atoms with Crippen LogP contribution in [0.5, 0.6) is 11.5 Å². The van der Waals surface area contributed by atoms with E-state index in [9.17, 15) is 14.4 Å². The number of nitrogens with one attached hydrogen (secondary N) is 2. The van der Waals surface area contributed by atoms with Gasteiger partial charge in [0, 0.05) is 25.2 Å². The number of anilines is 1. The summed E-state index contributed by atoms with van der Waals surface area (Å²) in [6, 6.07) is 24.4. The van der Waals surface area contributed by atoms with E-state index < -0.39 is 6.04 Å². The van der Waals surface area contributed by atoms with E-state index in [2.05, 4.69) is 29.7 Å². The summed E-state index contributed by atoms with van der Waals surface area (Å²) in [5.41, 5.74) is 1.96. The van der Waals surface area contributed by atoms with E-state index in [1.807, 2.05) is 67.3 Å². The summed E-state index contributed by atoms with van der Waals surface area (Å²) >= 11 is 0. The van der Waals surface area contributed by atoms with Crippen molar-refractivity contribution < 1.29 is 19.1 Å². The van der Waals surface area contributed by atoms with Crippen LogP contribution in [0.15, 0.2) is 78.9 Å². The van der Waals surface area contributed by atoms with Crippen LogP contribution >= 0.6 is 0 Å². The number of para-hydroxylation sites is 1. The molecule has 0 radical (unpaired) electrons. The third-order valence-corrected chi connectivity index (χ3v) is 7.86. The molecule has 2 N–H and O–H groups in total. The summed E-state index contributed by atoms with van der Waals surface area (Å²) in [5, 5.41) is 6.53. The molecule has 2 aliphatic rings. The molecule has 2 atom stereocenters. The van der Waals surface area contributed by atoms with Gasteiger partial charge in [-0.2, -0.15) is 0 Å². The molecule has 8 nitrogen and oxygen atoms in total. The summed E-state index contributed by atoms with van der Waals surface area (Å²) in [7, 11) is 0. The molecule has 41 heavy (non-hydrogen) atoms. The Bertz CT molecular complexity index is 1370. The molecular weight excluding hydrogens is 516 g/mol. The predicted octanol–water partition coefficient (Wildman–Crippen LogP) is 5.24. The van der Waals surface area contributed by atoms with Gasteiger partial charge in [-0.3, -0.25) is 14.4 Å². The number of piperidine rings is 1. The number of nitrogens with zero attached hydrogens (tertiary/aromatic N) is 2. The van der Waals surface area contributed by atoms with E-state index in [0.717, 1.165) is 12.8 Å². The molecule has 0 aromatic heterocycles. The van der Waals surface area contributed by atoms with Crippen LogP contribution in [0.2, 0.25) is 0 Å². The third kappa shape index (κ3) is 6.60. The molecule has 3 aromatic rings. The van der Waals surface area contributed by atoms with Gasteiger partial charge < -0.3 is 25.2 Å². The van der Waals surface area contributed by atoms with Crippen LogP contribution in [0.25, 0.3) is 0 Å². The lowest BCUT2D eigenvalue weighted by molar-refractivity contribution is -0.139. The average molecular weight is 555 g/mol. The van der Waals surface area contributed by atoms with Crippen molar-refractivity contribution >= 4 is 23.4 Å². The quantitative estimate of drug-likeness (QED) is 0.398. The maximum absolute atomic E-state index is 13.9.